The summed E-state index contributed by atoms with van der Waals surface area (Å²) in [5, 5.41) is 10.0. The van der Waals surface area contributed by atoms with Crippen molar-refractivity contribution in [3.63, 3.8) is 0 Å². The predicted octanol–water partition coefficient (Wildman–Crippen LogP) is 4.57. The van der Waals surface area contributed by atoms with Crippen LogP contribution in [0, 0.1) is 11.3 Å². The number of carbonyl (C=O) groups is 1. The molecule has 26 heavy (non-hydrogen) atoms. The van der Waals surface area contributed by atoms with Gasteiger partial charge in [0.05, 0.1) is 16.7 Å². The lowest BCUT2D eigenvalue weighted by molar-refractivity contribution is -0.113. The quantitative estimate of drug-likeness (QED) is 0.497. The third-order valence-electron chi connectivity index (χ3n) is 4.16. The van der Waals surface area contributed by atoms with E-state index in [1.54, 1.807) is 4.90 Å². The molecule has 2 aromatic carbocycles. The highest BCUT2D eigenvalue weighted by Crippen LogP contribution is 2.37. The molecular weight excluding hydrogens is 362 g/mol. The standard InChI is InChI=1S/C20H13N3OS2/c21-10-11-22-13-14(16-8-4-5-9-17(16)22)12-18-19(24)23(20(25)26-18)15-6-2-1-3-7-15/h1-9,12-13H,11H2/b18-12+. The van der Waals surface area contributed by atoms with E-state index in [2.05, 4.69) is 6.07 Å². The Balaban J connectivity index is 1.76. The number of nitriles is 1. The molecule has 0 aliphatic carbocycles. The van der Waals surface area contributed by atoms with E-state index in [1.165, 1.54) is 11.8 Å². The molecule has 6 heteroatoms. The summed E-state index contributed by atoms with van der Waals surface area (Å²) in [6.07, 6.45) is 3.77. The van der Waals surface area contributed by atoms with E-state index < -0.39 is 0 Å². The largest absolute Gasteiger partial charge is 0.333 e. The Labute approximate surface area is 160 Å². The van der Waals surface area contributed by atoms with Gasteiger partial charge in [0.1, 0.15) is 6.54 Å². The lowest BCUT2D eigenvalue weighted by Gasteiger charge is -2.13. The molecule has 1 aliphatic rings. The molecule has 1 fully saturated rings. The third-order valence-corrected chi connectivity index (χ3v) is 5.46. The first kappa shape index (κ1) is 16.6. The van der Waals surface area contributed by atoms with Crippen LogP contribution in [0.25, 0.3) is 17.0 Å². The number of anilines is 1. The van der Waals surface area contributed by atoms with Crippen LogP contribution in [0.4, 0.5) is 5.69 Å². The summed E-state index contributed by atoms with van der Waals surface area (Å²) in [6, 6.07) is 19.4. The van der Waals surface area contributed by atoms with Gasteiger partial charge in [-0.2, -0.15) is 5.26 Å². The summed E-state index contributed by atoms with van der Waals surface area (Å²) in [7, 11) is 0. The normalized spacial score (nSPS) is 15.8. The van der Waals surface area contributed by atoms with Crippen LogP contribution in [0.1, 0.15) is 5.56 Å². The average molecular weight is 375 g/mol. The third kappa shape index (κ3) is 2.81. The molecule has 0 atom stereocenters. The Morgan fingerprint density at radius 2 is 1.85 bits per heavy atom. The molecule has 0 radical (unpaired) electrons. The van der Waals surface area contributed by atoms with Crippen molar-refractivity contribution in [2.45, 2.75) is 6.54 Å². The van der Waals surface area contributed by atoms with Crippen molar-refractivity contribution in [3.8, 4) is 6.07 Å². The fourth-order valence-electron chi connectivity index (χ4n) is 3.01. The summed E-state index contributed by atoms with van der Waals surface area (Å²) < 4.78 is 2.41. The fourth-order valence-corrected chi connectivity index (χ4v) is 4.30. The molecule has 2 heterocycles. The zero-order valence-electron chi connectivity index (χ0n) is 13.6. The smallest absolute Gasteiger partial charge is 0.270 e. The van der Waals surface area contributed by atoms with Crippen LogP contribution in [0.5, 0.6) is 0 Å². The van der Waals surface area contributed by atoms with Crippen molar-refractivity contribution in [3.05, 3.63) is 71.3 Å². The number of amides is 1. The van der Waals surface area contributed by atoms with Gasteiger partial charge in [-0.05, 0) is 24.3 Å². The van der Waals surface area contributed by atoms with Gasteiger partial charge in [0, 0.05) is 22.7 Å². The lowest BCUT2D eigenvalue weighted by atomic mass is 10.1. The SMILES string of the molecule is N#CCn1cc(/C=C2/SC(=S)N(c3ccccc3)C2=O)c2ccccc21. The molecule has 3 aromatic rings. The first-order valence-electron chi connectivity index (χ1n) is 7.97. The van der Waals surface area contributed by atoms with E-state index in [0.29, 0.717) is 9.23 Å². The fraction of sp³-hybridized carbons (Fsp3) is 0.0500. The highest BCUT2D eigenvalue weighted by molar-refractivity contribution is 8.27. The molecule has 0 N–H and O–H groups in total. The average Bonchev–Trinajstić information content (AvgIpc) is 3.14. The van der Waals surface area contributed by atoms with E-state index in [0.717, 1.165) is 22.2 Å². The van der Waals surface area contributed by atoms with E-state index in [1.807, 2.05) is 71.4 Å². The Morgan fingerprint density at radius 1 is 1.12 bits per heavy atom. The maximum absolute atomic E-state index is 12.9. The van der Waals surface area contributed by atoms with Crippen LogP contribution in [0.15, 0.2) is 65.7 Å². The number of para-hydroxylation sites is 2. The minimum atomic E-state index is -0.122. The van der Waals surface area contributed by atoms with Gasteiger partial charge in [0.25, 0.3) is 5.91 Å². The van der Waals surface area contributed by atoms with Crippen LogP contribution < -0.4 is 4.90 Å². The van der Waals surface area contributed by atoms with Gasteiger partial charge in [0.15, 0.2) is 4.32 Å². The second-order valence-electron chi connectivity index (χ2n) is 5.74. The zero-order chi connectivity index (χ0) is 18.1. The van der Waals surface area contributed by atoms with E-state index in [9.17, 15) is 4.79 Å². The monoisotopic (exact) mass is 375 g/mol. The van der Waals surface area contributed by atoms with Gasteiger partial charge in [-0.1, -0.05) is 60.4 Å². The Hall–Kier alpha value is -2.88. The highest BCUT2D eigenvalue weighted by Gasteiger charge is 2.33. The number of thiocarbonyl (C=S) groups is 1. The van der Waals surface area contributed by atoms with Crippen molar-refractivity contribution < 1.29 is 4.79 Å². The molecule has 0 unspecified atom stereocenters. The van der Waals surface area contributed by atoms with E-state index >= 15 is 0 Å². The maximum Gasteiger partial charge on any atom is 0.270 e. The van der Waals surface area contributed by atoms with Crippen LogP contribution in [0.3, 0.4) is 0 Å². The molecular formula is C20H13N3OS2. The molecule has 0 spiro atoms. The molecule has 1 aliphatic heterocycles. The van der Waals surface area contributed by atoms with Crippen molar-refractivity contribution in [1.82, 2.24) is 4.57 Å². The van der Waals surface area contributed by atoms with Crippen LogP contribution >= 0.6 is 24.0 Å². The molecule has 1 saturated heterocycles. The highest BCUT2D eigenvalue weighted by atomic mass is 32.2. The van der Waals surface area contributed by atoms with Crippen molar-refractivity contribution >= 4 is 56.9 Å². The van der Waals surface area contributed by atoms with Gasteiger partial charge in [0.2, 0.25) is 0 Å². The van der Waals surface area contributed by atoms with Gasteiger partial charge >= 0.3 is 0 Å². The number of benzene rings is 2. The number of hydrogen-bond acceptors (Lipinski definition) is 4. The van der Waals surface area contributed by atoms with E-state index in [4.69, 9.17) is 17.5 Å². The number of nitrogens with zero attached hydrogens (tertiary/aromatic N) is 3. The number of aromatic nitrogens is 1. The van der Waals surface area contributed by atoms with Gasteiger partial charge in [-0.3, -0.25) is 9.69 Å². The summed E-state index contributed by atoms with van der Waals surface area (Å²) in [6.45, 7) is 0.263. The second kappa shape index (κ2) is 6.79. The minimum absolute atomic E-state index is 0.122. The Morgan fingerprint density at radius 3 is 2.62 bits per heavy atom. The minimum Gasteiger partial charge on any atom is -0.333 e. The summed E-state index contributed by atoms with van der Waals surface area (Å²) in [5.41, 5.74) is 2.65. The van der Waals surface area contributed by atoms with Crippen LogP contribution in [0.2, 0.25) is 0 Å². The number of carbonyl (C=O) groups excluding carboxylic acids is 1. The van der Waals surface area contributed by atoms with Gasteiger partial charge < -0.3 is 4.57 Å². The Bertz CT molecular complexity index is 1090. The number of rotatable bonds is 3. The first-order valence-corrected chi connectivity index (χ1v) is 9.19. The van der Waals surface area contributed by atoms with Crippen molar-refractivity contribution in [2.24, 2.45) is 0 Å². The first-order chi connectivity index (χ1) is 12.7. The van der Waals surface area contributed by atoms with Gasteiger partial charge in [-0.25, -0.2) is 0 Å². The van der Waals surface area contributed by atoms with E-state index in [-0.39, 0.29) is 12.5 Å². The summed E-state index contributed by atoms with van der Waals surface area (Å²) in [4.78, 5) is 15.0. The molecule has 1 aromatic heterocycles. The molecule has 4 nitrogen and oxygen atoms in total. The number of fused-ring (bicyclic) bond motifs is 1. The molecule has 1 amide bonds. The molecule has 4 rings (SSSR count). The zero-order valence-corrected chi connectivity index (χ0v) is 15.3. The topological polar surface area (TPSA) is 49.0 Å². The van der Waals surface area contributed by atoms with Crippen LogP contribution in [-0.2, 0) is 11.3 Å². The maximum atomic E-state index is 12.9. The molecule has 0 saturated carbocycles. The lowest BCUT2D eigenvalue weighted by Crippen LogP contribution is -2.27. The van der Waals surface area contributed by atoms with Crippen LogP contribution in [-0.4, -0.2) is 14.8 Å². The number of hydrogen-bond donors (Lipinski definition) is 0. The molecule has 126 valence electrons. The molecule has 0 bridgehead atoms. The van der Waals surface area contributed by atoms with Crippen molar-refractivity contribution in [2.75, 3.05) is 4.90 Å². The second-order valence-corrected chi connectivity index (χ2v) is 7.42. The Kier molecular flexibility index (Phi) is 4.33. The summed E-state index contributed by atoms with van der Waals surface area (Å²) in [5.74, 6) is -0.122. The predicted molar refractivity (Wildman–Crippen MR) is 110 cm³/mol. The van der Waals surface area contributed by atoms with Gasteiger partial charge in [-0.15, -0.1) is 0 Å². The number of thioether (sulfide) groups is 1. The summed E-state index contributed by atoms with van der Waals surface area (Å²) >= 11 is 6.71. The van der Waals surface area contributed by atoms with Crippen molar-refractivity contribution in [1.29, 1.82) is 5.26 Å².